The fourth-order valence-corrected chi connectivity index (χ4v) is 2.58. The van der Waals surface area contributed by atoms with E-state index in [2.05, 4.69) is 32.9 Å². The lowest BCUT2D eigenvalue weighted by atomic mass is 10.1. The van der Waals surface area contributed by atoms with Gasteiger partial charge in [-0.1, -0.05) is 17.7 Å². The van der Waals surface area contributed by atoms with Gasteiger partial charge in [-0.05, 0) is 41.1 Å². The highest BCUT2D eigenvalue weighted by atomic mass is 127. The number of benzene rings is 1. The van der Waals surface area contributed by atoms with Gasteiger partial charge in [-0.25, -0.2) is 4.98 Å². The van der Waals surface area contributed by atoms with Crippen molar-refractivity contribution in [3.05, 3.63) is 32.1 Å². The smallest absolute Gasteiger partial charge is 0.322 e. The Kier molecular flexibility index (Phi) is 4.52. The summed E-state index contributed by atoms with van der Waals surface area (Å²) in [6.07, 6.45) is 0. The molecule has 0 saturated carbocycles. The predicted molar refractivity (Wildman–Crippen MR) is 85.8 cm³/mol. The average Bonchev–Trinajstić information content (AvgIpc) is 2.43. The minimum Gasteiger partial charge on any atom is -0.505 e. The highest BCUT2D eigenvalue weighted by Crippen LogP contribution is 2.36. The number of nitrogens with zero attached hydrogens (tertiary/aromatic N) is 1. The van der Waals surface area contributed by atoms with Gasteiger partial charge in [0.05, 0.1) is 0 Å². The Hall–Kier alpha value is -1.61. The number of pyridine rings is 1. The van der Waals surface area contributed by atoms with E-state index in [4.69, 9.17) is 16.7 Å². The third kappa shape index (κ3) is 3.03. The van der Waals surface area contributed by atoms with Crippen LogP contribution in [0.5, 0.6) is 5.75 Å². The molecule has 0 aliphatic carbocycles. The summed E-state index contributed by atoms with van der Waals surface area (Å²) in [5.74, 6) is -2.30. The summed E-state index contributed by atoms with van der Waals surface area (Å²) in [5, 5.41) is 22.0. The van der Waals surface area contributed by atoms with Gasteiger partial charge in [-0.3, -0.25) is 9.59 Å². The summed E-state index contributed by atoms with van der Waals surface area (Å²) >= 11 is 8.15. The van der Waals surface area contributed by atoms with Crippen LogP contribution in [-0.2, 0) is 4.79 Å². The van der Waals surface area contributed by atoms with Crippen LogP contribution < -0.4 is 5.32 Å². The number of aromatic hydroxyl groups is 1. The Balaban J connectivity index is 2.61. The zero-order valence-electron chi connectivity index (χ0n) is 10.8. The molecule has 0 bridgehead atoms. The number of carbonyl (C=O) groups is 2. The number of fused-ring (bicyclic) bond motifs is 1. The molecule has 0 aliphatic heterocycles. The van der Waals surface area contributed by atoms with Crippen molar-refractivity contribution < 1.29 is 19.8 Å². The van der Waals surface area contributed by atoms with Crippen LogP contribution in [0.15, 0.2) is 12.1 Å². The first-order chi connectivity index (χ1) is 9.82. The molecular formula is C13H10ClIN2O4. The molecule has 1 aromatic carbocycles. The highest BCUT2D eigenvalue weighted by molar-refractivity contribution is 14.1. The van der Waals surface area contributed by atoms with Crippen LogP contribution in [0.3, 0.4) is 0 Å². The molecule has 0 saturated heterocycles. The van der Waals surface area contributed by atoms with E-state index in [1.54, 1.807) is 13.0 Å². The molecule has 8 heteroatoms. The number of aromatic nitrogens is 1. The van der Waals surface area contributed by atoms with E-state index in [0.717, 1.165) is 9.13 Å². The number of hydrogen-bond donors (Lipinski definition) is 3. The second kappa shape index (κ2) is 6.02. The third-order valence-electron chi connectivity index (χ3n) is 2.91. The van der Waals surface area contributed by atoms with Gasteiger partial charge in [0.25, 0.3) is 5.91 Å². The molecule has 0 spiro atoms. The summed E-state index contributed by atoms with van der Waals surface area (Å²) < 4.78 is 0.898. The molecule has 0 aliphatic rings. The first-order valence-corrected chi connectivity index (χ1v) is 7.26. The number of aryl methyl sites for hydroxylation is 1. The van der Waals surface area contributed by atoms with Crippen molar-refractivity contribution in [3.8, 4) is 5.75 Å². The van der Waals surface area contributed by atoms with Crippen molar-refractivity contribution in [1.82, 2.24) is 10.3 Å². The largest absolute Gasteiger partial charge is 0.505 e. The Morgan fingerprint density at radius 1 is 1.43 bits per heavy atom. The number of rotatable bonds is 3. The fourth-order valence-electron chi connectivity index (χ4n) is 1.89. The lowest BCUT2D eigenvalue weighted by Crippen LogP contribution is -2.30. The van der Waals surface area contributed by atoms with Crippen LogP contribution in [0.2, 0.25) is 5.15 Å². The topological polar surface area (TPSA) is 99.5 Å². The Morgan fingerprint density at radius 3 is 2.71 bits per heavy atom. The van der Waals surface area contributed by atoms with Crippen molar-refractivity contribution in [2.75, 3.05) is 6.54 Å². The maximum Gasteiger partial charge on any atom is 0.322 e. The van der Waals surface area contributed by atoms with Crippen LogP contribution in [0.1, 0.15) is 16.1 Å². The number of carbonyl (C=O) groups excluding carboxylic acids is 1. The number of carboxylic acid groups (broad SMARTS) is 1. The van der Waals surface area contributed by atoms with E-state index in [9.17, 15) is 14.7 Å². The van der Waals surface area contributed by atoms with Crippen LogP contribution in [-0.4, -0.2) is 33.6 Å². The maximum atomic E-state index is 11.9. The van der Waals surface area contributed by atoms with Crippen LogP contribution in [0.25, 0.3) is 10.8 Å². The van der Waals surface area contributed by atoms with E-state index < -0.39 is 18.4 Å². The van der Waals surface area contributed by atoms with Gasteiger partial charge < -0.3 is 15.5 Å². The van der Waals surface area contributed by atoms with Gasteiger partial charge in [0.2, 0.25) is 0 Å². The highest BCUT2D eigenvalue weighted by Gasteiger charge is 2.20. The molecule has 0 unspecified atom stereocenters. The van der Waals surface area contributed by atoms with E-state index >= 15 is 0 Å². The van der Waals surface area contributed by atoms with Gasteiger partial charge in [-0.2, -0.15) is 0 Å². The van der Waals surface area contributed by atoms with Gasteiger partial charge in [0, 0.05) is 14.3 Å². The second-order valence-electron chi connectivity index (χ2n) is 4.27. The first-order valence-electron chi connectivity index (χ1n) is 5.80. The zero-order valence-corrected chi connectivity index (χ0v) is 13.7. The molecule has 2 rings (SSSR count). The third-order valence-corrected chi connectivity index (χ3v) is 4.36. The molecule has 110 valence electrons. The molecule has 1 amide bonds. The molecule has 6 nitrogen and oxygen atoms in total. The normalized spacial score (nSPS) is 10.6. The fraction of sp³-hybridized carbons (Fsp3) is 0.154. The summed E-state index contributed by atoms with van der Waals surface area (Å²) in [5.41, 5.74) is 0.473. The maximum absolute atomic E-state index is 11.9. The lowest BCUT2D eigenvalue weighted by Gasteiger charge is -2.11. The monoisotopic (exact) mass is 420 g/mol. The molecule has 0 atom stereocenters. The average molecular weight is 421 g/mol. The molecular weight excluding hydrogens is 411 g/mol. The number of nitrogens with one attached hydrogen (secondary N) is 1. The quantitative estimate of drug-likeness (QED) is 0.523. The van der Waals surface area contributed by atoms with E-state index in [1.807, 2.05) is 6.07 Å². The van der Waals surface area contributed by atoms with Crippen LogP contribution >= 0.6 is 34.2 Å². The lowest BCUT2D eigenvalue weighted by molar-refractivity contribution is -0.135. The predicted octanol–water partition coefficient (Wildman–Crippen LogP) is 2.32. The minimum absolute atomic E-state index is 0.0720. The number of carboxylic acids is 1. The summed E-state index contributed by atoms with van der Waals surface area (Å²) in [6.45, 7) is 1.22. The van der Waals surface area contributed by atoms with E-state index in [1.165, 1.54) is 0 Å². The van der Waals surface area contributed by atoms with Crippen molar-refractivity contribution in [2.24, 2.45) is 0 Å². The number of hydrogen-bond acceptors (Lipinski definition) is 4. The van der Waals surface area contributed by atoms with Gasteiger partial charge in [-0.15, -0.1) is 0 Å². The molecule has 0 fully saturated rings. The van der Waals surface area contributed by atoms with E-state index in [-0.39, 0.29) is 16.6 Å². The van der Waals surface area contributed by atoms with E-state index in [0.29, 0.717) is 10.8 Å². The van der Waals surface area contributed by atoms with Gasteiger partial charge in [0.15, 0.2) is 11.4 Å². The SMILES string of the molecule is Cc1c(I)ccc2c(Cl)nc(C(=O)NCC(=O)O)c(O)c12. The Labute approximate surface area is 138 Å². The summed E-state index contributed by atoms with van der Waals surface area (Å²) in [7, 11) is 0. The molecule has 1 aromatic heterocycles. The van der Waals surface area contributed by atoms with Crippen molar-refractivity contribution in [1.29, 1.82) is 0 Å². The van der Waals surface area contributed by atoms with Crippen molar-refractivity contribution >= 4 is 56.8 Å². The van der Waals surface area contributed by atoms with Crippen molar-refractivity contribution in [3.63, 3.8) is 0 Å². The first kappa shape index (κ1) is 15.8. The standard InChI is InChI=1S/C13H10ClIN2O4/c1-5-7(15)3-2-6-9(5)11(20)10(17-12(6)14)13(21)16-4-8(18)19/h2-3,20H,4H2,1H3,(H,16,21)(H,18,19). The Bertz CT molecular complexity index is 764. The van der Waals surface area contributed by atoms with Crippen molar-refractivity contribution in [2.45, 2.75) is 6.92 Å². The minimum atomic E-state index is -1.19. The summed E-state index contributed by atoms with van der Waals surface area (Å²) in [4.78, 5) is 26.2. The van der Waals surface area contributed by atoms with Crippen LogP contribution in [0, 0.1) is 10.5 Å². The molecule has 3 N–H and O–H groups in total. The summed E-state index contributed by atoms with van der Waals surface area (Å²) in [6, 6.07) is 3.54. The van der Waals surface area contributed by atoms with Crippen LogP contribution in [0.4, 0.5) is 0 Å². The number of aliphatic carboxylic acids is 1. The van der Waals surface area contributed by atoms with Gasteiger partial charge >= 0.3 is 5.97 Å². The Morgan fingerprint density at radius 2 is 2.10 bits per heavy atom. The zero-order chi connectivity index (χ0) is 15.7. The number of halogens is 2. The second-order valence-corrected chi connectivity index (χ2v) is 5.79. The molecule has 1 heterocycles. The molecule has 2 aromatic rings. The molecule has 21 heavy (non-hydrogen) atoms. The van der Waals surface area contributed by atoms with Gasteiger partial charge in [0.1, 0.15) is 11.7 Å². The molecule has 0 radical (unpaired) electrons. The number of amides is 1.